The van der Waals surface area contributed by atoms with Crippen molar-refractivity contribution in [3.05, 3.63) is 53.1 Å². The van der Waals surface area contributed by atoms with Gasteiger partial charge in [0.25, 0.3) is 5.91 Å². The van der Waals surface area contributed by atoms with E-state index in [-0.39, 0.29) is 4.90 Å². The quantitative estimate of drug-likeness (QED) is 0.774. The molecule has 120 valence electrons. The highest BCUT2D eigenvalue weighted by Gasteiger charge is 2.32. The highest BCUT2D eigenvalue weighted by Crippen LogP contribution is 2.26. The van der Waals surface area contributed by atoms with Gasteiger partial charge < -0.3 is 10.6 Å². The van der Waals surface area contributed by atoms with Crippen LogP contribution in [0, 0.1) is 6.92 Å². The van der Waals surface area contributed by atoms with Gasteiger partial charge in [0.05, 0.1) is 5.69 Å². The molecule has 23 heavy (non-hydrogen) atoms. The van der Waals surface area contributed by atoms with Crippen LogP contribution in [0.4, 0.5) is 11.4 Å². The normalized spacial score (nSPS) is 18.6. The molecule has 8 heteroatoms. The van der Waals surface area contributed by atoms with Crippen LogP contribution >= 0.6 is 11.6 Å². The standard InChI is InChI=1S/C15H14ClN3O3S/c1-9-6-7-10(8-11(9)16)17-15(20)14-18-12-4-2-3-5-13(12)23(21,22)19-14/h2-8,14,18-19H,1H3,(H,17,20). The summed E-state index contributed by atoms with van der Waals surface area (Å²) in [5, 5.41) is 6.02. The van der Waals surface area contributed by atoms with Crippen molar-refractivity contribution in [2.24, 2.45) is 0 Å². The first-order valence-corrected chi connectivity index (χ1v) is 8.68. The number of rotatable bonds is 2. The second-order valence-corrected chi connectivity index (χ2v) is 7.24. The van der Waals surface area contributed by atoms with Crippen molar-refractivity contribution in [2.45, 2.75) is 18.0 Å². The highest BCUT2D eigenvalue weighted by molar-refractivity contribution is 7.89. The topological polar surface area (TPSA) is 87.3 Å². The molecule has 1 aliphatic heterocycles. The maximum Gasteiger partial charge on any atom is 0.262 e. The lowest BCUT2D eigenvalue weighted by Gasteiger charge is -2.27. The number of amides is 1. The van der Waals surface area contributed by atoms with Crippen LogP contribution in [0.5, 0.6) is 0 Å². The molecule has 6 nitrogen and oxygen atoms in total. The first-order valence-electron chi connectivity index (χ1n) is 6.82. The summed E-state index contributed by atoms with van der Waals surface area (Å²) in [6.45, 7) is 1.85. The van der Waals surface area contributed by atoms with Gasteiger partial charge in [-0.1, -0.05) is 29.8 Å². The molecular formula is C15H14ClN3O3S. The largest absolute Gasteiger partial charge is 0.360 e. The van der Waals surface area contributed by atoms with E-state index in [2.05, 4.69) is 15.4 Å². The fourth-order valence-corrected chi connectivity index (χ4v) is 3.69. The monoisotopic (exact) mass is 351 g/mol. The molecule has 0 radical (unpaired) electrons. The number of hydrogen-bond donors (Lipinski definition) is 3. The fourth-order valence-electron chi connectivity index (χ4n) is 2.23. The molecule has 0 aliphatic carbocycles. The summed E-state index contributed by atoms with van der Waals surface area (Å²) in [7, 11) is -3.74. The van der Waals surface area contributed by atoms with Gasteiger partial charge in [0.15, 0.2) is 6.17 Å². The molecule has 1 unspecified atom stereocenters. The number of anilines is 2. The van der Waals surface area contributed by atoms with Crippen molar-refractivity contribution < 1.29 is 13.2 Å². The summed E-state index contributed by atoms with van der Waals surface area (Å²) >= 11 is 6.02. The van der Waals surface area contributed by atoms with Gasteiger partial charge in [0, 0.05) is 10.7 Å². The second-order valence-electron chi connectivity index (χ2n) is 5.15. The van der Waals surface area contributed by atoms with Gasteiger partial charge in [-0.2, -0.15) is 4.72 Å². The van der Waals surface area contributed by atoms with E-state index in [1.165, 1.54) is 6.07 Å². The third-order valence-corrected chi connectivity index (χ3v) is 5.34. The molecule has 1 amide bonds. The fraction of sp³-hybridized carbons (Fsp3) is 0.133. The number of benzene rings is 2. The summed E-state index contributed by atoms with van der Waals surface area (Å²) in [5.74, 6) is -0.525. The summed E-state index contributed by atoms with van der Waals surface area (Å²) in [5.41, 5.74) is 1.76. The smallest absolute Gasteiger partial charge is 0.262 e. The number of carbonyl (C=O) groups excluding carboxylic acids is 1. The third kappa shape index (κ3) is 3.17. The summed E-state index contributed by atoms with van der Waals surface area (Å²) in [4.78, 5) is 12.4. The molecule has 0 saturated carbocycles. The van der Waals surface area contributed by atoms with Crippen LogP contribution in [0.3, 0.4) is 0 Å². The van der Waals surface area contributed by atoms with E-state index < -0.39 is 22.1 Å². The molecule has 1 atom stereocenters. The number of hydrogen-bond acceptors (Lipinski definition) is 4. The minimum Gasteiger partial charge on any atom is -0.360 e. The van der Waals surface area contributed by atoms with Crippen molar-refractivity contribution in [1.29, 1.82) is 0 Å². The predicted octanol–water partition coefficient (Wildman–Crippen LogP) is 2.32. The third-order valence-electron chi connectivity index (χ3n) is 3.45. The SMILES string of the molecule is Cc1ccc(NC(=O)C2Nc3ccccc3S(=O)(=O)N2)cc1Cl. The van der Waals surface area contributed by atoms with Crippen LogP contribution in [0.15, 0.2) is 47.4 Å². The Morgan fingerprint density at radius 2 is 1.96 bits per heavy atom. The number of carbonyl (C=O) groups is 1. The molecule has 0 aromatic heterocycles. The Labute approximate surface area is 138 Å². The molecule has 1 heterocycles. The molecule has 1 aliphatic rings. The van der Waals surface area contributed by atoms with Crippen LogP contribution in [0.1, 0.15) is 5.56 Å². The van der Waals surface area contributed by atoms with Gasteiger partial charge in [-0.3, -0.25) is 4.79 Å². The van der Waals surface area contributed by atoms with Gasteiger partial charge >= 0.3 is 0 Å². The number of fused-ring (bicyclic) bond motifs is 1. The van der Waals surface area contributed by atoms with Crippen molar-refractivity contribution in [3.63, 3.8) is 0 Å². The number of sulfonamides is 1. The summed E-state index contributed by atoms with van der Waals surface area (Å²) < 4.78 is 26.7. The van der Waals surface area contributed by atoms with E-state index in [1.54, 1.807) is 36.4 Å². The maximum absolute atomic E-state index is 12.3. The molecule has 2 aromatic rings. The first kappa shape index (κ1) is 15.8. The lowest BCUT2D eigenvalue weighted by atomic mass is 10.2. The molecule has 0 spiro atoms. The molecule has 0 saturated heterocycles. The maximum atomic E-state index is 12.3. The van der Waals surface area contributed by atoms with E-state index in [1.807, 2.05) is 6.92 Å². The number of nitrogens with one attached hydrogen (secondary N) is 3. The average molecular weight is 352 g/mol. The van der Waals surface area contributed by atoms with Crippen LogP contribution in [-0.4, -0.2) is 20.5 Å². The van der Waals surface area contributed by atoms with E-state index in [9.17, 15) is 13.2 Å². The lowest BCUT2D eigenvalue weighted by molar-refractivity contribution is -0.117. The summed E-state index contributed by atoms with van der Waals surface area (Å²) in [6.07, 6.45) is -1.10. The molecule has 0 fully saturated rings. The number of halogens is 1. The minimum atomic E-state index is -3.74. The van der Waals surface area contributed by atoms with E-state index in [4.69, 9.17) is 11.6 Å². The van der Waals surface area contributed by atoms with Crippen LogP contribution in [0.25, 0.3) is 0 Å². The van der Waals surface area contributed by atoms with Crippen LogP contribution < -0.4 is 15.4 Å². The van der Waals surface area contributed by atoms with Gasteiger partial charge in [0.2, 0.25) is 10.0 Å². The van der Waals surface area contributed by atoms with E-state index >= 15 is 0 Å². The lowest BCUT2D eigenvalue weighted by Crippen LogP contribution is -2.51. The van der Waals surface area contributed by atoms with E-state index in [0.29, 0.717) is 16.4 Å². The molecular weight excluding hydrogens is 338 g/mol. The van der Waals surface area contributed by atoms with Gasteiger partial charge in [0.1, 0.15) is 4.90 Å². The Morgan fingerprint density at radius 1 is 1.22 bits per heavy atom. The molecule has 0 bridgehead atoms. The Hall–Kier alpha value is -2.09. The molecule has 2 aromatic carbocycles. The molecule has 3 rings (SSSR count). The Kier molecular flexibility index (Phi) is 4.01. The zero-order chi connectivity index (χ0) is 16.6. The first-order chi connectivity index (χ1) is 10.9. The highest BCUT2D eigenvalue weighted by atomic mass is 35.5. The van der Waals surface area contributed by atoms with Gasteiger partial charge in [-0.25, -0.2) is 8.42 Å². The summed E-state index contributed by atoms with van der Waals surface area (Å²) in [6, 6.07) is 11.5. The molecule has 3 N–H and O–H groups in total. The van der Waals surface area contributed by atoms with Crippen molar-refractivity contribution in [3.8, 4) is 0 Å². The van der Waals surface area contributed by atoms with E-state index in [0.717, 1.165) is 5.56 Å². The Balaban J connectivity index is 1.83. The van der Waals surface area contributed by atoms with Crippen molar-refractivity contribution in [1.82, 2.24) is 4.72 Å². The minimum absolute atomic E-state index is 0.113. The predicted molar refractivity (Wildman–Crippen MR) is 89.0 cm³/mol. The van der Waals surface area contributed by atoms with Gasteiger partial charge in [-0.05, 0) is 36.8 Å². The zero-order valence-electron chi connectivity index (χ0n) is 12.1. The Morgan fingerprint density at radius 3 is 2.70 bits per heavy atom. The van der Waals surface area contributed by atoms with Crippen LogP contribution in [0.2, 0.25) is 5.02 Å². The number of aryl methyl sites for hydroxylation is 1. The van der Waals surface area contributed by atoms with Crippen molar-refractivity contribution >= 4 is 38.9 Å². The van der Waals surface area contributed by atoms with Gasteiger partial charge in [-0.15, -0.1) is 0 Å². The van der Waals surface area contributed by atoms with Crippen molar-refractivity contribution in [2.75, 3.05) is 10.6 Å². The Bertz CT molecular complexity index is 883. The number of para-hydroxylation sites is 1. The van der Waals surface area contributed by atoms with Crippen LogP contribution in [-0.2, 0) is 14.8 Å². The second kappa shape index (κ2) is 5.84. The zero-order valence-corrected chi connectivity index (χ0v) is 13.7. The average Bonchev–Trinajstić information content (AvgIpc) is 2.50.